The van der Waals surface area contributed by atoms with Crippen molar-refractivity contribution in [2.24, 2.45) is 0 Å². The summed E-state index contributed by atoms with van der Waals surface area (Å²) < 4.78 is 27.3. The molecule has 0 bridgehead atoms. The Balaban J connectivity index is -0.000000294. The molecule has 2 atom stereocenters. The molecular formula is C47H63F2O2W3-3. The largest absolute Gasteiger partial charge is 0.395 e. The summed E-state index contributed by atoms with van der Waals surface area (Å²) in [6, 6.07) is 38.8. The Kier molecular flexibility index (Phi) is 30.3. The van der Waals surface area contributed by atoms with Crippen molar-refractivity contribution >= 4 is 5.57 Å². The third-order valence-electron chi connectivity index (χ3n) is 8.92. The van der Waals surface area contributed by atoms with Crippen LogP contribution in [-0.2, 0) is 74.4 Å². The Hall–Kier alpha value is -1.80. The van der Waals surface area contributed by atoms with Crippen LogP contribution in [-0.4, -0.2) is 21.6 Å². The van der Waals surface area contributed by atoms with Gasteiger partial charge in [-0.05, 0) is 95.6 Å². The van der Waals surface area contributed by atoms with Crippen LogP contribution < -0.4 is 0 Å². The second kappa shape index (κ2) is 27.7. The van der Waals surface area contributed by atoms with Crippen molar-refractivity contribution in [1.29, 1.82) is 0 Å². The second-order valence-electron chi connectivity index (χ2n) is 14.7. The third kappa shape index (κ3) is 22.1. The van der Waals surface area contributed by atoms with Crippen molar-refractivity contribution in [1.82, 2.24) is 0 Å². The maximum atomic E-state index is 13.7. The van der Waals surface area contributed by atoms with Gasteiger partial charge in [0.15, 0.2) is 0 Å². The molecule has 0 saturated heterocycles. The van der Waals surface area contributed by atoms with E-state index in [1.54, 1.807) is 36.4 Å². The van der Waals surface area contributed by atoms with Gasteiger partial charge in [-0.15, -0.1) is 16.7 Å². The minimum atomic E-state index is -1.66. The van der Waals surface area contributed by atoms with Gasteiger partial charge in [-0.25, -0.2) is 8.78 Å². The molecule has 0 fully saturated rings. The van der Waals surface area contributed by atoms with Crippen LogP contribution >= 0.6 is 0 Å². The zero-order valence-corrected chi connectivity index (χ0v) is 43.9. The van der Waals surface area contributed by atoms with E-state index in [0.29, 0.717) is 11.1 Å². The first kappa shape index (κ1) is 58.9. The molecule has 0 aliphatic rings. The molecule has 0 aromatic heterocycles. The first-order chi connectivity index (χ1) is 23.4. The van der Waals surface area contributed by atoms with Crippen LogP contribution in [0.4, 0.5) is 8.78 Å². The van der Waals surface area contributed by atoms with Crippen LogP contribution in [0.1, 0.15) is 118 Å². The molecule has 2 nitrogen and oxygen atoms in total. The van der Waals surface area contributed by atoms with Crippen molar-refractivity contribution in [3.05, 3.63) is 160 Å². The van der Waals surface area contributed by atoms with Gasteiger partial charge in [-0.1, -0.05) is 60.4 Å². The normalized spacial score (nSPS) is 12.2. The fraction of sp³-hybridized carbons (Fsp3) is 0.404. The van der Waals surface area contributed by atoms with Crippen molar-refractivity contribution in [3.8, 4) is 0 Å². The van der Waals surface area contributed by atoms with Crippen LogP contribution in [0, 0.1) is 32.0 Å². The molecule has 298 valence electrons. The Bertz CT molecular complexity index is 1600. The molecule has 0 saturated carbocycles. The van der Waals surface area contributed by atoms with Gasteiger partial charge in [0.2, 0.25) is 0 Å². The quantitative estimate of drug-likeness (QED) is 0.154. The molecule has 0 aliphatic heterocycles. The minimum absolute atomic E-state index is 0. The molecule has 0 aliphatic carbocycles. The number of alkyl halides is 2. The van der Waals surface area contributed by atoms with E-state index in [0.717, 1.165) is 5.56 Å². The molecule has 4 aromatic rings. The van der Waals surface area contributed by atoms with E-state index in [1.165, 1.54) is 75.0 Å². The fourth-order valence-electron chi connectivity index (χ4n) is 3.73. The number of aryl methyl sites for hydroxylation is 2. The van der Waals surface area contributed by atoms with E-state index in [1.807, 2.05) is 55.5 Å². The maximum absolute atomic E-state index is 13.7. The Morgan fingerprint density at radius 1 is 0.500 bits per heavy atom. The molecule has 0 spiro atoms. The minimum Gasteiger partial charge on any atom is -0.395 e. The van der Waals surface area contributed by atoms with Gasteiger partial charge in [0.05, 0.1) is 5.60 Å². The summed E-state index contributed by atoms with van der Waals surface area (Å²) in [6.07, 6.45) is 0. The van der Waals surface area contributed by atoms with Gasteiger partial charge in [0.1, 0.15) is 16.9 Å². The number of hydrogen-bond acceptors (Lipinski definition) is 2. The average molecular weight is 1250 g/mol. The van der Waals surface area contributed by atoms with Gasteiger partial charge in [-0.3, -0.25) is 0 Å². The Labute approximate surface area is 371 Å². The SMILES string of the molecule is CC(C)(F)C(C)(O)c1c[c-]ccc1.CC(C)=C(C)C.CC(C)=C(C)c1c[c-]ccc1.Cc1c[c-]ccc1.Cc1cccc(C(C)(O)C(C)(C)F)c1.[W].[W].[W]. The molecule has 4 rings (SSSR count). The molecule has 7 heteroatoms. The third-order valence-corrected chi connectivity index (χ3v) is 8.92. The van der Waals surface area contributed by atoms with Crippen molar-refractivity contribution in [2.45, 2.75) is 126 Å². The van der Waals surface area contributed by atoms with E-state index >= 15 is 0 Å². The van der Waals surface area contributed by atoms with Gasteiger partial charge >= 0.3 is 0 Å². The number of benzene rings is 4. The summed E-state index contributed by atoms with van der Waals surface area (Å²) in [5.41, 5.74) is 4.05. The smallest absolute Gasteiger partial charge is 0.137 e. The number of allylic oxidation sites excluding steroid dienone is 4. The van der Waals surface area contributed by atoms with Crippen LogP contribution in [0.25, 0.3) is 5.57 Å². The first-order valence-electron chi connectivity index (χ1n) is 17.4. The maximum Gasteiger partial charge on any atom is 0.137 e. The monoisotopic (exact) mass is 1250 g/mol. The van der Waals surface area contributed by atoms with Crippen molar-refractivity contribution < 1.29 is 82.2 Å². The second-order valence-corrected chi connectivity index (χ2v) is 14.7. The summed E-state index contributed by atoms with van der Waals surface area (Å²) in [6.45, 7) is 27.3. The summed E-state index contributed by atoms with van der Waals surface area (Å²) in [4.78, 5) is 0. The van der Waals surface area contributed by atoms with Crippen molar-refractivity contribution in [3.63, 3.8) is 0 Å². The molecule has 54 heavy (non-hydrogen) atoms. The van der Waals surface area contributed by atoms with Gasteiger partial charge in [-0.2, -0.15) is 96.6 Å². The summed E-state index contributed by atoms with van der Waals surface area (Å²) in [7, 11) is 0. The molecule has 2 N–H and O–H groups in total. The van der Waals surface area contributed by atoms with Crippen LogP contribution in [0.5, 0.6) is 0 Å². The van der Waals surface area contributed by atoms with Crippen LogP contribution in [0.15, 0.2) is 114 Å². The molecule has 0 radical (unpaired) electrons. The molecule has 2 unspecified atom stereocenters. The van der Waals surface area contributed by atoms with Gasteiger partial charge in [0.25, 0.3) is 0 Å². The number of rotatable bonds is 5. The van der Waals surface area contributed by atoms with E-state index < -0.39 is 22.5 Å². The number of halogens is 2. The van der Waals surface area contributed by atoms with Gasteiger partial charge < -0.3 is 10.2 Å². The summed E-state index contributed by atoms with van der Waals surface area (Å²) in [5, 5.41) is 20.0. The Morgan fingerprint density at radius 2 is 0.889 bits per heavy atom. The zero-order valence-electron chi connectivity index (χ0n) is 35.1. The van der Waals surface area contributed by atoms with Crippen molar-refractivity contribution in [2.75, 3.05) is 0 Å². The Morgan fingerprint density at radius 3 is 1.19 bits per heavy atom. The summed E-state index contributed by atoms with van der Waals surface area (Å²) in [5.74, 6) is 0. The number of hydrogen-bond donors (Lipinski definition) is 2. The van der Waals surface area contributed by atoms with E-state index in [-0.39, 0.29) is 63.2 Å². The topological polar surface area (TPSA) is 40.5 Å². The fourth-order valence-corrected chi connectivity index (χ4v) is 3.73. The van der Waals surface area contributed by atoms with E-state index in [4.69, 9.17) is 0 Å². The predicted octanol–water partition coefficient (Wildman–Crippen LogP) is 12.8. The molecule has 0 heterocycles. The van der Waals surface area contributed by atoms with Crippen LogP contribution in [0.3, 0.4) is 0 Å². The summed E-state index contributed by atoms with van der Waals surface area (Å²) >= 11 is 0. The average Bonchev–Trinajstić information content (AvgIpc) is 3.05. The van der Waals surface area contributed by atoms with E-state index in [2.05, 4.69) is 85.7 Å². The van der Waals surface area contributed by atoms with Crippen LogP contribution in [0.2, 0.25) is 0 Å². The number of aliphatic hydroxyl groups is 2. The molecule has 4 aromatic carbocycles. The predicted molar refractivity (Wildman–Crippen MR) is 215 cm³/mol. The van der Waals surface area contributed by atoms with Gasteiger partial charge in [0, 0.05) is 63.2 Å². The molecular weight excluding hydrogens is 1190 g/mol. The standard InChI is InChI=1S/C12H17FO.C11H14FO.C11H13.C7H7.C6H12.3W/c1-9-6-5-7-10(8-9)12(4,14)11(2,3)13;1-10(2,12)11(3,13)9-7-5-4-6-8-9;1-9(2)10(3)11-7-5-4-6-8-11;1-7-5-3-2-4-6-7;1-5(2)6(3)4;;;/h5-8,14H,1-4H3;4-5,7-8,13H,1-3H3;4-5,7-8H,1-3H3;2-3,5-6H,1H3;1-4H3;;;/q;3*-1;;;;. The zero-order chi connectivity index (χ0) is 39.6. The molecule has 0 amide bonds. The van der Waals surface area contributed by atoms with E-state index in [9.17, 15) is 19.0 Å². The first-order valence-corrected chi connectivity index (χ1v) is 17.4.